The molecule has 1 aliphatic rings. The van der Waals surface area contributed by atoms with Gasteiger partial charge in [0.1, 0.15) is 0 Å². The Balaban J connectivity index is 1.66. The highest BCUT2D eigenvalue weighted by atomic mass is 16.1. The highest BCUT2D eigenvalue weighted by Crippen LogP contribution is 2.41. The zero-order valence-electron chi connectivity index (χ0n) is 11.3. The van der Waals surface area contributed by atoms with E-state index >= 15 is 0 Å². The van der Waals surface area contributed by atoms with Gasteiger partial charge < -0.3 is 5.32 Å². The van der Waals surface area contributed by atoms with Gasteiger partial charge in [-0.25, -0.2) is 0 Å². The quantitative estimate of drug-likeness (QED) is 0.779. The standard InChI is InChI=1S/C14H23N3O/c1-11(2)8-14(6-7-14)17-13(18)5-3-4-12-9-15-16-10-12/h9-11H,3-8H2,1-2H3,(H,15,16)(H,17,18). The Hall–Kier alpha value is -1.32. The van der Waals surface area contributed by atoms with Gasteiger partial charge in [0.15, 0.2) is 0 Å². The zero-order valence-corrected chi connectivity index (χ0v) is 11.3. The fourth-order valence-corrected chi connectivity index (χ4v) is 2.54. The Morgan fingerprint density at radius 1 is 1.56 bits per heavy atom. The molecule has 1 amide bonds. The smallest absolute Gasteiger partial charge is 0.220 e. The van der Waals surface area contributed by atoms with Gasteiger partial charge in [0.2, 0.25) is 5.91 Å². The van der Waals surface area contributed by atoms with Crippen molar-refractivity contribution in [2.75, 3.05) is 0 Å². The van der Waals surface area contributed by atoms with E-state index in [2.05, 4.69) is 29.4 Å². The van der Waals surface area contributed by atoms with Crippen molar-refractivity contribution in [1.82, 2.24) is 15.5 Å². The lowest BCUT2D eigenvalue weighted by molar-refractivity contribution is -0.122. The molecule has 0 saturated heterocycles. The third-order valence-corrected chi connectivity index (χ3v) is 3.48. The molecule has 0 unspecified atom stereocenters. The minimum atomic E-state index is 0.140. The topological polar surface area (TPSA) is 57.8 Å². The number of aromatic amines is 1. The molecule has 2 N–H and O–H groups in total. The first-order valence-corrected chi connectivity index (χ1v) is 6.88. The molecule has 1 aliphatic carbocycles. The minimum Gasteiger partial charge on any atom is -0.351 e. The maximum absolute atomic E-state index is 11.9. The van der Waals surface area contributed by atoms with Crippen LogP contribution in [0.5, 0.6) is 0 Å². The maximum atomic E-state index is 11.9. The fraction of sp³-hybridized carbons (Fsp3) is 0.714. The summed E-state index contributed by atoms with van der Waals surface area (Å²) in [5, 5.41) is 9.90. The van der Waals surface area contributed by atoms with Crippen molar-refractivity contribution in [3.63, 3.8) is 0 Å². The molecule has 100 valence electrons. The molecule has 1 aromatic heterocycles. The van der Waals surface area contributed by atoms with Crippen LogP contribution >= 0.6 is 0 Å². The van der Waals surface area contributed by atoms with Crippen molar-refractivity contribution >= 4 is 5.91 Å². The van der Waals surface area contributed by atoms with E-state index in [1.54, 1.807) is 0 Å². The normalized spacial score (nSPS) is 16.8. The molecule has 0 radical (unpaired) electrons. The molecule has 1 aromatic rings. The second kappa shape index (κ2) is 5.55. The van der Waals surface area contributed by atoms with Crippen molar-refractivity contribution in [3.8, 4) is 0 Å². The molecule has 4 nitrogen and oxygen atoms in total. The van der Waals surface area contributed by atoms with E-state index in [0.29, 0.717) is 12.3 Å². The number of aryl methyl sites for hydroxylation is 1. The average Bonchev–Trinajstić information content (AvgIpc) is 2.83. The van der Waals surface area contributed by atoms with Gasteiger partial charge in [0.25, 0.3) is 0 Å². The van der Waals surface area contributed by atoms with Crippen molar-refractivity contribution < 1.29 is 4.79 Å². The third kappa shape index (κ3) is 3.86. The number of nitrogens with one attached hydrogen (secondary N) is 2. The third-order valence-electron chi connectivity index (χ3n) is 3.48. The van der Waals surface area contributed by atoms with Crippen LogP contribution in [0.25, 0.3) is 0 Å². The number of carbonyl (C=O) groups excluding carboxylic acids is 1. The molecular formula is C14H23N3O. The number of carbonyl (C=O) groups is 1. The lowest BCUT2D eigenvalue weighted by Crippen LogP contribution is -2.37. The van der Waals surface area contributed by atoms with Crippen LogP contribution in [0, 0.1) is 5.92 Å². The van der Waals surface area contributed by atoms with Crippen LogP contribution in [-0.2, 0) is 11.2 Å². The van der Waals surface area contributed by atoms with Crippen molar-refractivity contribution in [3.05, 3.63) is 18.0 Å². The van der Waals surface area contributed by atoms with Gasteiger partial charge in [-0.2, -0.15) is 5.10 Å². The monoisotopic (exact) mass is 249 g/mol. The maximum Gasteiger partial charge on any atom is 0.220 e. The molecule has 4 heteroatoms. The first kappa shape index (κ1) is 13.1. The highest BCUT2D eigenvalue weighted by molar-refractivity contribution is 5.77. The Morgan fingerprint density at radius 3 is 2.89 bits per heavy atom. The van der Waals surface area contributed by atoms with E-state index < -0.39 is 0 Å². The summed E-state index contributed by atoms with van der Waals surface area (Å²) in [7, 11) is 0. The molecule has 2 rings (SSSR count). The van der Waals surface area contributed by atoms with Gasteiger partial charge in [0.05, 0.1) is 6.20 Å². The van der Waals surface area contributed by atoms with Crippen LogP contribution in [-0.4, -0.2) is 21.6 Å². The van der Waals surface area contributed by atoms with E-state index in [0.717, 1.165) is 32.1 Å². The highest BCUT2D eigenvalue weighted by Gasteiger charge is 2.43. The minimum absolute atomic E-state index is 0.140. The van der Waals surface area contributed by atoms with E-state index in [1.165, 1.54) is 5.56 Å². The number of aromatic nitrogens is 2. The molecule has 18 heavy (non-hydrogen) atoms. The van der Waals surface area contributed by atoms with Gasteiger partial charge in [-0.15, -0.1) is 0 Å². The van der Waals surface area contributed by atoms with Gasteiger partial charge >= 0.3 is 0 Å². The summed E-state index contributed by atoms with van der Waals surface area (Å²) in [5.74, 6) is 0.857. The van der Waals surface area contributed by atoms with E-state index in [4.69, 9.17) is 0 Å². The van der Waals surface area contributed by atoms with Crippen molar-refractivity contribution in [2.45, 2.75) is 57.9 Å². The Kier molecular flexibility index (Phi) is 4.04. The van der Waals surface area contributed by atoms with Crippen LogP contribution in [0.4, 0.5) is 0 Å². The summed E-state index contributed by atoms with van der Waals surface area (Å²) in [5.41, 5.74) is 1.31. The average molecular weight is 249 g/mol. The van der Waals surface area contributed by atoms with Gasteiger partial charge in [-0.05, 0) is 43.6 Å². The number of H-pyrrole nitrogens is 1. The van der Waals surface area contributed by atoms with Crippen LogP contribution < -0.4 is 5.32 Å². The molecule has 1 saturated carbocycles. The summed E-state index contributed by atoms with van der Waals surface area (Å²) in [6.45, 7) is 4.43. The number of rotatable bonds is 7. The van der Waals surface area contributed by atoms with E-state index in [-0.39, 0.29) is 11.4 Å². The molecule has 1 heterocycles. The number of nitrogens with zero attached hydrogens (tertiary/aromatic N) is 1. The Morgan fingerprint density at radius 2 is 2.33 bits per heavy atom. The first-order chi connectivity index (χ1) is 8.60. The molecule has 0 atom stereocenters. The summed E-state index contributed by atoms with van der Waals surface area (Å²) >= 11 is 0. The van der Waals surface area contributed by atoms with Crippen LogP contribution in [0.3, 0.4) is 0 Å². The van der Waals surface area contributed by atoms with E-state index in [1.807, 2.05) is 12.4 Å². The largest absolute Gasteiger partial charge is 0.351 e. The molecule has 0 aromatic carbocycles. The van der Waals surface area contributed by atoms with Crippen molar-refractivity contribution in [1.29, 1.82) is 0 Å². The molecule has 0 aliphatic heterocycles. The van der Waals surface area contributed by atoms with E-state index in [9.17, 15) is 4.79 Å². The van der Waals surface area contributed by atoms with Crippen LogP contribution in [0.1, 0.15) is 51.5 Å². The molecule has 0 spiro atoms. The first-order valence-electron chi connectivity index (χ1n) is 6.88. The predicted molar refractivity (Wildman–Crippen MR) is 71.1 cm³/mol. The lowest BCUT2D eigenvalue weighted by atomic mass is 10.0. The van der Waals surface area contributed by atoms with Crippen LogP contribution in [0.15, 0.2) is 12.4 Å². The lowest BCUT2D eigenvalue weighted by Gasteiger charge is -2.19. The Bertz CT molecular complexity index is 380. The second-order valence-corrected chi connectivity index (χ2v) is 5.89. The molecular weight excluding hydrogens is 226 g/mol. The predicted octanol–water partition coefficient (Wildman–Crippen LogP) is 2.43. The van der Waals surface area contributed by atoms with Crippen molar-refractivity contribution in [2.24, 2.45) is 5.92 Å². The van der Waals surface area contributed by atoms with Gasteiger partial charge in [-0.3, -0.25) is 9.89 Å². The number of hydrogen-bond donors (Lipinski definition) is 2. The molecule has 0 bridgehead atoms. The summed E-state index contributed by atoms with van der Waals surface area (Å²) in [6.07, 6.45) is 9.55. The fourth-order valence-electron chi connectivity index (χ4n) is 2.54. The van der Waals surface area contributed by atoms with Crippen LogP contribution in [0.2, 0.25) is 0 Å². The summed E-state index contributed by atoms with van der Waals surface area (Å²) in [4.78, 5) is 11.9. The SMILES string of the molecule is CC(C)CC1(NC(=O)CCCc2cn[nH]c2)CC1. The number of hydrogen-bond acceptors (Lipinski definition) is 2. The summed E-state index contributed by atoms with van der Waals surface area (Å²) in [6, 6.07) is 0. The Labute approximate surface area is 109 Å². The zero-order chi connectivity index (χ0) is 13.0. The number of amides is 1. The van der Waals surface area contributed by atoms with Gasteiger partial charge in [0, 0.05) is 18.2 Å². The summed E-state index contributed by atoms with van der Waals surface area (Å²) < 4.78 is 0. The van der Waals surface area contributed by atoms with Gasteiger partial charge in [-0.1, -0.05) is 13.8 Å². The second-order valence-electron chi connectivity index (χ2n) is 5.89. The molecule has 1 fully saturated rings.